The molecule has 0 radical (unpaired) electrons. The van der Waals surface area contributed by atoms with Gasteiger partial charge < -0.3 is 19.2 Å². The number of hydrogen-bond donors (Lipinski definition) is 3. The van der Waals surface area contributed by atoms with E-state index >= 15 is 0 Å². The maximum atomic E-state index is 12.1. The highest BCUT2D eigenvalue weighted by molar-refractivity contribution is 6.04. The Morgan fingerprint density at radius 2 is 1.82 bits per heavy atom. The second kappa shape index (κ2) is 9.71. The smallest absolute Gasteiger partial charge is 0.413 e. The summed E-state index contributed by atoms with van der Waals surface area (Å²) in [6.07, 6.45) is 3.51. The molecule has 0 spiro atoms. The zero-order chi connectivity index (χ0) is 20.5. The van der Waals surface area contributed by atoms with Gasteiger partial charge in [0.2, 0.25) is 5.96 Å². The van der Waals surface area contributed by atoms with Crippen molar-refractivity contribution < 1.29 is 28.6 Å². The van der Waals surface area contributed by atoms with Gasteiger partial charge in [-0.2, -0.15) is 0 Å². The second-order valence-electron chi connectivity index (χ2n) is 5.26. The number of aliphatic imine (C=N–C) groups is 1. The topological polar surface area (TPSA) is 144 Å². The number of amides is 2. The van der Waals surface area contributed by atoms with Gasteiger partial charge in [-0.15, -0.1) is 0 Å². The van der Waals surface area contributed by atoms with E-state index in [0.29, 0.717) is 12.0 Å². The van der Waals surface area contributed by atoms with Crippen molar-refractivity contribution in [3.8, 4) is 0 Å². The number of methoxy groups -OCH3 is 3. The molecule has 0 aliphatic carbocycles. The zero-order valence-electron chi connectivity index (χ0n) is 15.4. The fraction of sp³-hybridized carbons (Fsp3) is 0.235. The Morgan fingerprint density at radius 3 is 2.36 bits per heavy atom. The first-order valence-electron chi connectivity index (χ1n) is 7.94. The maximum Gasteiger partial charge on any atom is 0.413 e. The van der Waals surface area contributed by atoms with Crippen LogP contribution in [0.15, 0.2) is 35.7 Å². The summed E-state index contributed by atoms with van der Waals surface area (Å²) < 4.78 is 13.8. The molecule has 0 aliphatic rings. The summed E-state index contributed by atoms with van der Waals surface area (Å²) in [5.41, 5.74) is 1.66. The molecule has 2 aromatic rings. The van der Waals surface area contributed by atoms with Crippen molar-refractivity contribution >= 4 is 29.8 Å². The predicted octanol–water partition coefficient (Wildman–Crippen LogP) is 1.49. The predicted molar refractivity (Wildman–Crippen MR) is 97.4 cm³/mol. The number of pyridine rings is 1. The van der Waals surface area contributed by atoms with Crippen LogP contribution in [0.4, 0.5) is 15.3 Å². The molecule has 0 atom stereocenters. The van der Waals surface area contributed by atoms with Gasteiger partial charge in [0.1, 0.15) is 5.69 Å². The van der Waals surface area contributed by atoms with Crippen molar-refractivity contribution in [3.05, 3.63) is 47.5 Å². The molecule has 0 saturated carbocycles. The van der Waals surface area contributed by atoms with Crippen molar-refractivity contribution in [3.63, 3.8) is 0 Å². The normalized spacial score (nSPS) is 9.82. The third kappa shape index (κ3) is 5.30. The van der Waals surface area contributed by atoms with Gasteiger partial charge in [0, 0.05) is 30.6 Å². The third-order valence-electron chi connectivity index (χ3n) is 3.47. The van der Waals surface area contributed by atoms with Gasteiger partial charge in [-0.3, -0.25) is 15.6 Å². The number of hydrogen-bond acceptors (Lipinski definition) is 8. The van der Waals surface area contributed by atoms with Gasteiger partial charge in [-0.1, -0.05) is 6.07 Å². The van der Waals surface area contributed by atoms with Gasteiger partial charge in [0.25, 0.3) is 0 Å². The number of aromatic amines is 1. The first-order valence-corrected chi connectivity index (χ1v) is 7.94. The molecular weight excluding hydrogens is 372 g/mol. The standard InChI is InChI=1S/C17H19N5O6/c1-26-14(23)13-12(11(9-19-13)7-10-5-4-6-18-8-10)20-15(21-16(24)27-2)22-17(25)28-3/h4-6,8-9,19H,7H2,1-3H3,(H2,20,21,22,24,25)/i15+2. The Labute approximate surface area is 160 Å². The number of nitrogens with one attached hydrogen (secondary N) is 3. The van der Waals surface area contributed by atoms with Crippen molar-refractivity contribution in [1.82, 2.24) is 20.6 Å². The molecule has 11 nitrogen and oxygen atoms in total. The van der Waals surface area contributed by atoms with Crippen LogP contribution < -0.4 is 10.6 Å². The van der Waals surface area contributed by atoms with E-state index in [1.54, 1.807) is 24.7 Å². The Balaban J connectivity index is 2.48. The number of aromatic nitrogens is 2. The Hall–Kier alpha value is -3.89. The quantitative estimate of drug-likeness (QED) is 0.310. The lowest BCUT2D eigenvalue weighted by Gasteiger charge is -2.10. The molecule has 0 bridgehead atoms. The minimum Gasteiger partial charge on any atom is -0.464 e. The summed E-state index contributed by atoms with van der Waals surface area (Å²) in [6, 6.07) is 3.63. The summed E-state index contributed by atoms with van der Waals surface area (Å²) in [5, 5.41) is 4.49. The van der Waals surface area contributed by atoms with E-state index in [4.69, 9.17) is 4.74 Å². The molecule has 0 aliphatic heterocycles. The van der Waals surface area contributed by atoms with Crippen LogP contribution in [0.1, 0.15) is 21.6 Å². The summed E-state index contributed by atoms with van der Waals surface area (Å²) >= 11 is 0. The number of carbonyl (C=O) groups excluding carboxylic acids is 3. The minimum absolute atomic E-state index is 0.0391. The van der Waals surface area contributed by atoms with E-state index in [1.165, 1.54) is 7.11 Å². The Kier molecular flexibility index (Phi) is 7.08. The van der Waals surface area contributed by atoms with Crippen LogP contribution in [0.25, 0.3) is 0 Å². The van der Waals surface area contributed by atoms with E-state index in [2.05, 4.69) is 35.1 Å². The molecule has 2 rings (SSSR count). The first-order chi connectivity index (χ1) is 13.5. The fourth-order valence-corrected chi connectivity index (χ4v) is 2.19. The molecule has 3 N–H and O–H groups in total. The van der Waals surface area contributed by atoms with Gasteiger partial charge in [-0.25, -0.2) is 19.4 Å². The molecule has 28 heavy (non-hydrogen) atoms. The molecular formula is C17H19N5O6. The highest BCUT2D eigenvalue weighted by Gasteiger charge is 2.20. The monoisotopic (exact) mass is 391 g/mol. The summed E-state index contributed by atoms with van der Waals surface area (Å²) in [4.78, 5) is 46.2. The van der Waals surface area contributed by atoms with E-state index in [0.717, 1.165) is 19.8 Å². The highest BCUT2D eigenvalue weighted by Crippen LogP contribution is 2.27. The number of carbonyl (C=O) groups is 3. The van der Waals surface area contributed by atoms with Gasteiger partial charge in [0.15, 0.2) is 5.69 Å². The average molecular weight is 391 g/mol. The lowest BCUT2D eigenvalue weighted by molar-refractivity contribution is 0.0595. The molecule has 2 amide bonds. The van der Waals surface area contributed by atoms with Crippen molar-refractivity contribution in [1.29, 1.82) is 0 Å². The van der Waals surface area contributed by atoms with Crippen LogP contribution in [-0.2, 0) is 20.6 Å². The van der Waals surface area contributed by atoms with Crippen LogP contribution in [0.2, 0.25) is 0 Å². The lowest BCUT2D eigenvalue weighted by atomic mass is 10.1. The van der Waals surface area contributed by atoms with E-state index < -0.39 is 18.2 Å². The molecule has 2 aromatic heterocycles. The summed E-state index contributed by atoms with van der Waals surface area (Å²) in [7, 11) is 3.52. The highest BCUT2D eigenvalue weighted by atomic mass is 16.6. The maximum absolute atomic E-state index is 12.1. The SMILES string of the molecule is COC(=O)N[14C](=Nc1c(Cc2cccnc2)c[nH]c1C(=O)OC)NC(=O)OC. The number of ether oxygens (including phenoxy) is 3. The van der Waals surface area contributed by atoms with Crippen LogP contribution in [0, 0.1) is 0 Å². The van der Waals surface area contributed by atoms with E-state index in [1.807, 2.05) is 6.07 Å². The zero-order valence-corrected chi connectivity index (χ0v) is 15.4. The fourth-order valence-electron chi connectivity index (χ4n) is 2.19. The molecule has 0 aromatic carbocycles. The molecule has 0 saturated heterocycles. The average Bonchev–Trinajstić information content (AvgIpc) is 3.09. The van der Waals surface area contributed by atoms with Gasteiger partial charge in [-0.05, 0) is 11.6 Å². The summed E-state index contributed by atoms with van der Waals surface area (Å²) in [5.74, 6) is -0.970. The molecule has 0 unspecified atom stereocenters. The van der Waals surface area contributed by atoms with E-state index in [-0.39, 0.29) is 17.3 Å². The second-order valence-corrected chi connectivity index (χ2v) is 5.26. The summed E-state index contributed by atoms with van der Waals surface area (Å²) in [6.45, 7) is 0. The minimum atomic E-state index is -0.876. The number of rotatable bonds is 4. The molecule has 148 valence electrons. The van der Waals surface area contributed by atoms with Crippen molar-refractivity contribution in [2.75, 3.05) is 21.3 Å². The molecule has 2 heterocycles. The Morgan fingerprint density at radius 1 is 1.14 bits per heavy atom. The van der Waals surface area contributed by atoms with Crippen LogP contribution in [-0.4, -0.2) is 55.4 Å². The lowest BCUT2D eigenvalue weighted by Crippen LogP contribution is -2.43. The number of guanidine groups is 1. The number of alkyl carbamates (subject to hydrolysis) is 2. The van der Waals surface area contributed by atoms with E-state index in [9.17, 15) is 14.4 Å². The first kappa shape index (κ1) is 20.4. The van der Waals surface area contributed by atoms with Gasteiger partial charge >= 0.3 is 18.2 Å². The van der Waals surface area contributed by atoms with Gasteiger partial charge in [0.05, 0.1) is 21.3 Å². The van der Waals surface area contributed by atoms with Crippen molar-refractivity contribution in [2.24, 2.45) is 4.99 Å². The third-order valence-corrected chi connectivity index (χ3v) is 3.47. The molecule has 0 fully saturated rings. The number of H-pyrrole nitrogens is 1. The molecule has 11 heteroatoms. The number of esters is 1. The Bertz CT molecular complexity index is 857. The van der Waals surface area contributed by atoms with Crippen LogP contribution in [0.3, 0.4) is 0 Å². The van der Waals surface area contributed by atoms with Crippen LogP contribution >= 0.6 is 0 Å². The van der Waals surface area contributed by atoms with Crippen molar-refractivity contribution in [2.45, 2.75) is 6.42 Å². The van der Waals surface area contributed by atoms with Crippen LogP contribution in [0.5, 0.6) is 0 Å². The largest absolute Gasteiger partial charge is 0.464 e. The number of nitrogens with zero attached hydrogens (tertiary/aromatic N) is 2.